The van der Waals surface area contributed by atoms with E-state index in [0.29, 0.717) is 12.3 Å². The van der Waals surface area contributed by atoms with Crippen LogP contribution in [-0.2, 0) is 13.0 Å². The quantitative estimate of drug-likeness (QED) is 0.651. The summed E-state index contributed by atoms with van der Waals surface area (Å²) in [6.07, 6.45) is 0.739. The van der Waals surface area contributed by atoms with Gasteiger partial charge >= 0.3 is 5.88 Å². The predicted octanol–water partition coefficient (Wildman–Crippen LogP) is 3.05. The van der Waals surface area contributed by atoms with Crippen molar-refractivity contribution in [3.63, 3.8) is 0 Å². The van der Waals surface area contributed by atoms with E-state index in [1.165, 1.54) is 18.2 Å². The van der Waals surface area contributed by atoms with E-state index in [9.17, 15) is 14.5 Å². The number of hydrogen-bond donors (Lipinski definition) is 1. The first kappa shape index (κ1) is 14.2. The molecule has 0 aliphatic carbocycles. The molecule has 5 nitrogen and oxygen atoms in total. The maximum Gasteiger partial charge on any atom is 0.433 e. The third-order valence-electron chi connectivity index (χ3n) is 2.91. The lowest BCUT2D eigenvalue weighted by Crippen LogP contribution is -2.27. The van der Waals surface area contributed by atoms with E-state index in [-0.39, 0.29) is 17.7 Å². The Bertz CT molecular complexity index is 580. The van der Waals surface area contributed by atoms with Gasteiger partial charge in [-0.05, 0) is 37.1 Å². The molecule has 1 unspecified atom stereocenters. The maximum atomic E-state index is 12.8. The van der Waals surface area contributed by atoms with E-state index in [0.717, 1.165) is 12.0 Å². The topological polar surface area (TPSA) is 68.3 Å². The number of rotatable bonds is 6. The third kappa shape index (κ3) is 3.89. The maximum absolute atomic E-state index is 12.8. The first-order valence-corrected chi connectivity index (χ1v) is 6.25. The zero-order valence-corrected chi connectivity index (χ0v) is 11.0. The Kier molecular flexibility index (Phi) is 4.47. The van der Waals surface area contributed by atoms with Crippen LogP contribution in [0.15, 0.2) is 40.8 Å². The van der Waals surface area contributed by atoms with E-state index in [1.54, 1.807) is 18.2 Å². The van der Waals surface area contributed by atoms with Gasteiger partial charge in [0.2, 0.25) is 0 Å². The Morgan fingerprint density at radius 2 is 2.00 bits per heavy atom. The highest BCUT2D eigenvalue weighted by atomic mass is 19.1. The van der Waals surface area contributed by atoms with Gasteiger partial charge in [0.1, 0.15) is 16.5 Å². The molecule has 2 aromatic rings. The zero-order valence-electron chi connectivity index (χ0n) is 11.0. The average molecular weight is 278 g/mol. The first-order chi connectivity index (χ1) is 9.54. The van der Waals surface area contributed by atoms with Gasteiger partial charge in [0, 0.05) is 6.04 Å². The van der Waals surface area contributed by atoms with Crippen LogP contribution < -0.4 is 5.32 Å². The Morgan fingerprint density at radius 3 is 2.60 bits per heavy atom. The number of benzene rings is 1. The number of nitro groups is 1. The van der Waals surface area contributed by atoms with Crippen molar-refractivity contribution in [2.45, 2.75) is 25.9 Å². The molecular formula is C14H15FN2O3. The van der Waals surface area contributed by atoms with E-state index in [4.69, 9.17) is 4.42 Å². The smallest absolute Gasteiger partial charge is 0.404 e. The van der Waals surface area contributed by atoms with Crippen molar-refractivity contribution < 1.29 is 13.7 Å². The molecule has 0 aliphatic rings. The van der Waals surface area contributed by atoms with Crippen molar-refractivity contribution in [1.29, 1.82) is 0 Å². The van der Waals surface area contributed by atoms with Crippen LogP contribution in [0.25, 0.3) is 0 Å². The fourth-order valence-corrected chi connectivity index (χ4v) is 1.88. The second kappa shape index (κ2) is 6.29. The van der Waals surface area contributed by atoms with E-state index in [1.807, 2.05) is 6.92 Å². The SMILES string of the molecule is CC(Cc1ccc(F)cc1)NCc1ccc([N+](=O)[O-])o1. The molecule has 0 bridgehead atoms. The zero-order chi connectivity index (χ0) is 14.5. The Labute approximate surface area is 115 Å². The van der Waals surface area contributed by atoms with Crippen molar-refractivity contribution in [2.24, 2.45) is 0 Å². The molecule has 106 valence electrons. The molecule has 0 fully saturated rings. The highest BCUT2D eigenvalue weighted by molar-refractivity contribution is 5.18. The van der Waals surface area contributed by atoms with Crippen LogP contribution in [0.3, 0.4) is 0 Å². The highest BCUT2D eigenvalue weighted by Gasteiger charge is 2.12. The summed E-state index contributed by atoms with van der Waals surface area (Å²) < 4.78 is 17.8. The molecule has 0 radical (unpaired) electrons. The summed E-state index contributed by atoms with van der Waals surface area (Å²) in [6, 6.07) is 9.40. The third-order valence-corrected chi connectivity index (χ3v) is 2.91. The van der Waals surface area contributed by atoms with Crippen LogP contribution >= 0.6 is 0 Å². The van der Waals surface area contributed by atoms with E-state index < -0.39 is 4.92 Å². The summed E-state index contributed by atoms with van der Waals surface area (Å²) in [4.78, 5) is 9.92. The second-order valence-corrected chi connectivity index (χ2v) is 4.61. The molecular weight excluding hydrogens is 263 g/mol. The van der Waals surface area contributed by atoms with Gasteiger partial charge in [-0.3, -0.25) is 10.1 Å². The van der Waals surface area contributed by atoms with Gasteiger partial charge in [-0.15, -0.1) is 0 Å². The van der Waals surface area contributed by atoms with Crippen LogP contribution in [0.5, 0.6) is 0 Å². The van der Waals surface area contributed by atoms with Crippen molar-refractivity contribution in [1.82, 2.24) is 5.32 Å². The molecule has 0 amide bonds. The number of hydrogen-bond acceptors (Lipinski definition) is 4. The minimum atomic E-state index is -0.564. The molecule has 0 saturated heterocycles. The van der Waals surface area contributed by atoms with Gasteiger partial charge < -0.3 is 9.73 Å². The van der Waals surface area contributed by atoms with Crippen molar-refractivity contribution in [2.75, 3.05) is 0 Å². The Morgan fingerprint density at radius 1 is 1.30 bits per heavy atom. The molecule has 6 heteroatoms. The summed E-state index contributed by atoms with van der Waals surface area (Å²) in [5, 5.41) is 13.7. The predicted molar refractivity (Wildman–Crippen MR) is 71.8 cm³/mol. The van der Waals surface area contributed by atoms with E-state index in [2.05, 4.69) is 5.32 Å². The molecule has 1 N–H and O–H groups in total. The monoisotopic (exact) mass is 278 g/mol. The number of furan rings is 1. The van der Waals surface area contributed by atoms with Crippen LogP contribution in [0.2, 0.25) is 0 Å². The van der Waals surface area contributed by atoms with Crippen molar-refractivity contribution >= 4 is 5.88 Å². The molecule has 1 aromatic heterocycles. The minimum absolute atomic E-state index is 0.143. The normalized spacial score (nSPS) is 12.3. The van der Waals surface area contributed by atoms with Gasteiger partial charge in [-0.1, -0.05) is 12.1 Å². The van der Waals surface area contributed by atoms with E-state index >= 15 is 0 Å². The number of nitrogens with one attached hydrogen (secondary N) is 1. The summed E-state index contributed by atoms with van der Waals surface area (Å²) >= 11 is 0. The molecule has 1 atom stereocenters. The van der Waals surface area contributed by atoms with Gasteiger partial charge in [0.15, 0.2) is 0 Å². The number of nitrogens with zero attached hydrogens (tertiary/aromatic N) is 1. The molecule has 20 heavy (non-hydrogen) atoms. The Balaban J connectivity index is 1.83. The largest absolute Gasteiger partial charge is 0.433 e. The van der Waals surface area contributed by atoms with Crippen LogP contribution in [0.4, 0.5) is 10.3 Å². The van der Waals surface area contributed by atoms with Crippen LogP contribution in [-0.4, -0.2) is 11.0 Å². The number of halogens is 1. The fourth-order valence-electron chi connectivity index (χ4n) is 1.88. The summed E-state index contributed by atoms with van der Waals surface area (Å²) in [6.45, 7) is 2.40. The van der Waals surface area contributed by atoms with Gasteiger partial charge in [-0.25, -0.2) is 4.39 Å². The second-order valence-electron chi connectivity index (χ2n) is 4.61. The van der Waals surface area contributed by atoms with Crippen molar-refractivity contribution in [3.05, 3.63) is 63.7 Å². The first-order valence-electron chi connectivity index (χ1n) is 6.25. The lowest BCUT2D eigenvalue weighted by Gasteiger charge is -2.12. The van der Waals surface area contributed by atoms with Crippen molar-refractivity contribution in [3.8, 4) is 0 Å². The molecule has 0 aliphatic heterocycles. The van der Waals surface area contributed by atoms with Gasteiger partial charge in [0.05, 0.1) is 12.6 Å². The molecule has 0 saturated carbocycles. The van der Waals surface area contributed by atoms with Gasteiger partial charge in [-0.2, -0.15) is 0 Å². The molecule has 2 rings (SSSR count). The van der Waals surface area contributed by atoms with Crippen LogP contribution in [0, 0.1) is 15.9 Å². The van der Waals surface area contributed by atoms with Gasteiger partial charge in [0.25, 0.3) is 0 Å². The summed E-state index contributed by atoms with van der Waals surface area (Å²) in [7, 11) is 0. The standard InChI is InChI=1S/C14H15FN2O3/c1-10(8-11-2-4-12(15)5-3-11)16-9-13-6-7-14(20-13)17(18)19/h2-7,10,16H,8-9H2,1H3. The summed E-state index contributed by atoms with van der Waals surface area (Å²) in [5.74, 6) is 0.00732. The lowest BCUT2D eigenvalue weighted by atomic mass is 10.1. The Hall–Kier alpha value is -2.21. The summed E-state index contributed by atoms with van der Waals surface area (Å²) in [5.41, 5.74) is 1.02. The molecule has 1 aromatic carbocycles. The highest BCUT2D eigenvalue weighted by Crippen LogP contribution is 2.15. The van der Waals surface area contributed by atoms with Crippen LogP contribution in [0.1, 0.15) is 18.2 Å². The average Bonchev–Trinajstić information content (AvgIpc) is 2.88. The molecule has 1 heterocycles. The lowest BCUT2D eigenvalue weighted by molar-refractivity contribution is -0.402. The fraction of sp³-hybridized carbons (Fsp3) is 0.286. The molecule has 0 spiro atoms. The minimum Gasteiger partial charge on any atom is -0.404 e.